The van der Waals surface area contributed by atoms with Gasteiger partial charge in [-0.25, -0.2) is 5.01 Å². The molecule has 3 aliphatic heterocycles. The zero-order chi connectivity index (χ0) is 23.7. The summed E-state index contributed by atoms with van der Waals surface area (Å²) in [7, 11) is 0. The fraction of sp³-hybridized carbons (Fsp3) is 0.478. The van der Waals surface area contributed by atoms with Crippen LogP contribution in [0.1, 0.15) is 36.8 Å². The van der Waals surface area contributed by atoms with E-state index in [-0.39, 0.29) is 61.8 Å². The first-order chi connectivity index (χ1) is 15.7. The largest absolute Gasteiger partial charge is 0.338 e. The molecule has 0 atom stereocenters. The molecule has 0 saturated carbocycles. The molecule has 3 heterocycles. The van der Waals surface area contributed by atoms with Crippen LogP contribution in [-0.2, 0) is 24.0 Å². The molecule has 1 aromatic rings. The van der Waals surface area contributed by atoms with Crippen LogP contribution in [-0.4, -0.2) is 82.7 Å². The Labute approximate surface area is 191 Å². The van der Waals surface area contributed by atoms with Gasteiger partial charge in [0.2, 0.25) is 23.6 Å². The Morgan fingerprint density at radius 3 is 2.12 bits per heavy atom. The summed E-state index contributed by atoms with van der Waals surface area (Å²) in [6.45, 7) is 4.86. The zero-order valence-electron chi connectivity index (χ0n) is 18.9. The third kappa shape index (κ3) is 4.64. The monoisotopic (exact) mass is 453 g/mol. The topological polar surface area (TPSA) is 111 Å². The molecule has 10 nitrogen and oxygen atoms in total. The maximum atomic E-state index is 13.1. The number of hydrogen-bond acceptors (Lipinski definition) is 6. The molecule has 0 aromatic heterocycles. The first-order valence-electron chi connectivity index (χ1n) is 11.1. The SMILES string of the molecule is Cc1ccc(C)c(N2N=C(C(=O)N3CCN(C(=O)CN4C(=O)CCC4=O)CC3)CCC2=O)c1. The number of imide groups is 1. The molecule has 0 unspecified atom stereocenters. The van der Waals surface area contributed by atoms with Crippen LogP contribution in [0.4, 0.5) is 5.69 Å². The van der Waals surface area contributed by atoms with Crippen molar-refractivity contribution >= 4 is 40.9 Å². The number of piperazine rings is 1. The number of carbonyl (C=O) groups excluding carboxylic acids is 5. The maximum absolute atomic E-state index is 13.1. The minimum absolute atomic E-state index is 0.151. The van der Waals surface area contributed by atoms with Crippen molar-refractivity contribution in [2.75, 3.05) is 37.7 Å². The molecule has 0 bridgehead atoms. The number of anilines is 1. The lowest BCUT2D eigenvalue weighted by Crippen LogP contribution is -2.54. The van der Waals surface area contributed by atoms with Gasteiger partial charge in [0.1, 0.15) is 12.3 Å². The zero-order valence-corrected chi connectivity index (χ0v) is 18.9. The summed E-state index contributed by atoms with van der Waals surface area (Å²) >= 11 is 0. The molecule has 0 aliphatic carbocycles. The third-order valence-electron chi connectivity index (χ3n) is 6.24. The van der Waals surface area contributed by atoms with Gasteiger partial charge in [-0.3, -0.25) is 28.9 Å². The standard InChI is InChI=1S/C23H27N5O5/c1-15-3-4-16(2)18(13-15)28-21(31)6-5-17(24-28)23(33)26-11-9-25(10-12-26)22(32)14-27-19(29)7-8-20(27)30/h3-4,13H,5-12,14H2,1-2H3. The van der Waals surface area contributed by atoms with Gasteiger partial charge in [0.25, 0.3) is 5.91 Å². The second-order valence-corrected chi connectivity index (χ2v) is 8.59. The highest BCUT2D eigenvalue weighted by Gasteiger charge is 2.34. The first kappa shape index (κ1) is 22.6. The van der Waals surface area contributed by atoms with Crippen LogP contribution in [0, 0.1) is 13.8 Å². The molecule has 4 rings (SSSR count). The van der Waals surface area contributed by atoms with Crippen molar-refractivity contribution < 1.29 is 24.0 Å². The minimum atomic E-state index is -0.319. The van der Waals surface area contributed by atoms with Crippen LogP contribution < -0.4 is 5.01 Å². The fourth-order valence-electron chi connectivity index (χ4n) is 4.22. The summed E-state index contributed by atoms with van der Waals surface area (Å²) in [5, 5.41) is 5.72. The molecule has 0 radical (unpaired) electrons. The second-order valence-electron chi connectivity index (χ2n) is 8.59. The van der Waals surface area contributed by atoms with Gasteiger partial charge in [-0.05, 0) is 31.0 Å². The number of likely N-dealkylation sites (tertiary alicyclic amines) is 1. The van der Waals surface area contributed by atoms with Crippen LogP contribution in [0.5, 0.6) is 0 Å². The van der Waals surface area contributed by atoms with Gasteiger partial charge in [0.15, 0.2) is 0 Å². The molecule has 0 spiro atoms. The van der Waals surface area contributed by atoms with Crippen molar-refractivity contribution in [3.05, 3.63) is 29.3 Å². The molecule has 3 aliphatic rings. The third-order valence-corrected chi connectivity index (χ3v) is 6.24. The first-order valence-corrected chi connectivity index (χ1v) is 11.1. The molecule has 0 N–H and O–H groups in total. The predicted molar refractivity (Wildman–Crippen MR) is 119 cm³/mol. The molecule has 10 heteroatoms. The van der Waals surface area contributed by atoms with Crippen LogP contribution in [0.25, 0.3) is 0 Å². The Kier molecular flexibility index (Phi) is 6.26. The second kappa shape index (κ2) is 9.13. The lowest BCUT2D eigenvalue weighted by Gasteiger charge is -2.36. The normalized spacial score (nSPS) is 19.3. The number of rotatable bonds is 4. The van der Waals surface area contributed by atoms with Crippen LogP contribution in [0.15, 0.2) is 23.3 Å². The Morgan fingerprint density at radius 2 is 1.45 bits per heavy atom. The van der Waals surface area contributed by atoms with Crippen molar-refractivity contribution in [1.82, 2.24) is 14.7 Å². The number of hydrogen-bond donors (Lipinski definition) is 0. The summed E-state index contributed by atoms with van der Waals surface area (Å²) in [5.41, 5.74) is 2.89. The number of benzene rings is 1. The van der Waals surface area contributed by atoms with Crippen molar-refractivity contribution in [3.63, 3.8) is 0 Å². The molecule has 2 fully saturated rings. The van der Waals surface area contributed by atoms with E-state index in [1.807, 2.05) is 32.0 Å². The molecule has 5 amide bonds. The van der Waals surface area contributed by atoms with Gasteiger partial charge in [-0.2, -0.15) is 5.10 Å². The molecule has 174 valence electrons. The van der Waals surface area contributed by atoms with E-state index in [9.17, 15) is 24.0 Å². The minimum Gasteiger partial charge on any atom is -0.338 e. The van der Waals surface area contributed by atoms with E-state index in [2.05, 4.69) is 5.10 Å². The molecular weight excluding hydrogens is 426 g/mol. The smallest absolute Gasteiger partial charge is 0.270 e. The van der Waals surface area contributed by atoms with E-state index in [4.69, 9.17) is 0 Å². The Bertz CT molecular complexity index is 1040. The van der Waals surface area contributed by atoms with E-state index in [0.29, 0.717) is 37.6 Å². The average molecular weight is 453 g/mol. The van der Waals surface area contributed by atoms with Crippen molar-refractivity contribution in [2.45, 2.75) is 39.5 Å². The predicted octanol–water partition coefficient (Wildman–Crippen LogP) is 0.606. The van der Waals surface area contributed by atoms with Gasteiger partial charge in [0, 0.05) is 51.9 Å². The van der Waals surface area contributed by atoms with E-state index < -0.39 is 0 Å². The Morgan fingerprint density at radius 1 is 0.848 bits per heavy atom. The summed E-state index contributed by atoms with van der Waals surface area (Å²) in [5.74, 6) is -1.33. The van der Waals surface area contributed by atoms with E-state index in [1.165, 1.54) is 5.01 Å². The van der Waals surface area contributed by atoms with Gasteiger partial charge in [-0.15, -0.1) is 0 Å². The molecular formula is C23H27N5O5. The lowest BCUT2D eigenvalue weighted by atomic mass is 10.1. The highest BCUT2D eigenvalue weighted by atomic mass is 16.2. The maximum Gasteiger partial charge on any atom is 0.270 e. The van der Waals surface area contributed by atoms with Gasteiger partial charge >= 0.3 is 0 Å². The summed E-state index contributed by atoms with van der Waals surface area (Å²) in [6, 6.07) is 5.76. The summed E-state index contributed by atoms with van der Waals surface area (Å²) in [4.78, 5) is 65.8. The fourth-order valence-corrected chi connectivity index (χ4v) is 4.22. The van der Waals surface area contributed by atoms with Crippen LogP contribution in [0.3, 0.4) is 0 Å². The van der Waals surface area contributed by atoms with E-state index in [1.54, 1.807) is 9.80 Å². The van der Waals surface area contributed by atoms with Crippen LogP contribution >= 0.6 is 0 Å². The van der Waals surface area contributed by atoms with E-state index in [0.717, 1.165) is 16.0 Å². The highest BCUT2D eigenvalue weighted by Crippen LogP contribution is 2.26. The summed E-state index contributed by atoms with van der Waals surface area (Å²) in [6.07, 6.45) is 0.780. The molecule has 33 heavy (non-hydrogen) atoms. The molecule has 1 aromatic carbocycles. The van der Waals surface area contributed by atoms with Crippen LogP contribution in [0.2, 0.25) is 0 Å². The Hall–Kier alpha value is -3.56. The van der Waals surface area contributed by atoms with Gasteiger partial charge in [-0.1, -0.05) is 12.1 Å². The average Bonchev–Trinajstić information content (AvgIpc) is 3.12. The van der Waals surface area contributed by atoms with E-state index >= 15 is 0 Å². The van der Waals surface area contributed by atoms with Gasteiger partial charge in [0.05, 0.1) is 5.69 Å². The summed E-state index contributed by atoms with van der Waals surface area (Å²) < 4.78 is 0. The van der Waals surface area contributed by atoms with Crippen molar-refractivity contribution in [1.29, 1.82) is 0 Å². The van der Waals surface area contributed by atoms with Crippen molar-refractivity contribution in [3.8, 4) is 0 Å². The number of carbonyl (C=O) groups is 5. The number of aryl methyl sites for hydroxylation is 2. The highest BCUT2D eigenvalue weighted by molar-refractivity contribution is 6.40. The molecule has 2 saturated heterocycles. The lowest BCUT2D eigenvalue weighted by molar-refractivity contribution is -0.146. The Balaban J connectivity index is 1.39. The number of amides is 5. The quantitative estimate of drug-likeness (QED) is 0.620. The van der Waals surface area contributed by atoms with Gasteiger partial charge < -0.3 is 9.80 Å². The van der Waals surface area contributed by atoms with Crippen molar-refractivity contribution in [2.24, 2.45) is 5.10 Å². The number of hydrazone groups is 1. The number of nitrogens with zero attached hydrogens (tertiary/aromatic N) is 5.